The molecule has 3 amide bonds. The molecule has 2 aromatic rings. The van der Waals surface area contributed by atoms with Gasteiger partial charge in [0.15, 0.2) is 12.2 Å². The minimum atomic E-state index is -0.833. The molecule has 1 aliphatic rings. The van der Waals surface area contributed by atoms with Gasteiger partial charge in [-0.25, -0.2) is 4.98 Å². The molecule has 0 saturated carbocycles. The van der Waals surface area contributed by atoms with E-state index in [2.05, 4.69) is 15.6 Å². The summed E-state index contributed by atoms with van der Waals surface area (Å²) < 4.78 is 5.45. The Morgan fingerprint density at radius 1 is 1.11 bits per heavy atom. The third-order valence-corrected chi connectivity index (χ3v) is 6.75. The topological polar surface area (TPSA) is 125 Å². The number of β-amino-alcohol motifs (C(OH)–C–C–N with tert-alkyl or cyclic N) is 1. The lowest BCUT2D eigenvalue weighted by Crippen LogP contribution is -2.58. The second-order valence-corrected chi connectivity index (χ2v) is 12.6. The molecule has 0 radical (unpaired) electrons. The van der Waals surface area contributed by atoms with E-state index >= 15 is 0 Å². The first-order valence-electron chi connectivity index (χ1n) is 13.2. The zero-order chi connectivity index (χ0) is 28.4. The summed E-state index contributed by atoms with van der Waals surface area (Å²) in [7, 11) is 0. The second kappa shape index (κ2) is 11.3. The fourth-order valence-electron chi connectivity index (χ4n) is 4.71. The van der Waals surface area contributed by atoms with Gasteiger partial charge in [-0.2, -0.15) is 0 Å². The Kier molecular flexibility index (Phi) is 8.71. The van der Waals surface area contributed by atoms with Gasteiger partial charge in [0.1, 0.15) is 12.1 Å². The number of carbonyl (C=O) groups is 3. The van der Waals surface area contributed by atoms with Crippen LogP contribution in [0.2, 0.25) is 0 Å². The minimum Gasteiger partial charge on any atom is -0.443 e. The number of nitrogens with one attached hydrogen (secondary N) is 2. The highest BCUT2D eigenvalue weighted by Gasteiger charge is 2.44. The Morgan fingerprint density at radius 3 is 2.26 bits per heavy atom. The molecule has 0 bridgehead atoms. The lowest BCUT2D eigenvalue weighted by atomic mass is 9.84. The van der Waals surface area contributed by atoms with Crippen molar-refractivity contribution in [1.82, 2.24) is 20.5 Å². The predicted molar refractivity (Wildman–Crippen MR) is 145 cm³/mol. The first-order chi connectivity index (χ1) is 17.6. The van der Waals surface area contributed by atoms with Gasteiger partial charge in [0.25, 0.3) is 0 Å². The number of benzene rings is 1. The number of rotatable bonds is 7. The summed E-state index contributed by atoms with van der Waals surface area (Å²) in [4.78, 5) is 45.3. The maximum atomic E-state index is 13.7. The molecule has 1 aromatic carbocycles. The van der Waals surface area contributed by atoms with Gasteiger partial charge >= 0.3 is 0 Å². The lowest BCUT2D eigenvalue weighted by Gasteiger charge is -2.36. The van der Waals surface area contributed by atoms with Gasteiger partial charge in [-0.05, 0) is 30.2 Å². The van der Waals surface area contributed by atoms with E-state index in [1.54, 1.807) is 0 Å². The standard InChI is InChI=1S/C29H42N4O5/c1-17(19-9-11-20(12-10-19)24-18(2)30-16-38-24)31-26(36)22-13-21(34)15-33(22)27(37)25(29(6,7)8)32-23(35)14-28(3,4)5/h9-12,16-17,21-22,25,34H,13-15H2,1-8H3,(H,31,36)(H,32,35). The van der Waals surface area contributed by atoms with Gasteiger partial charge in [0.2, 0.25) is 17.7 Å². The van der Waals surface area contributed by atoms with Gasteiger partial charge in [0, 0.05) is 24.9 Å². The summed E-state index contributed by atoms with van der Waals surface area (Å²) in [5, 5.41) is 16.3. The van der Waals surface area contributed by atoms with E-state index in [0.717, 1.165) is 16.8 Å². The van der Waals surface area contributed by atoms with Crippen molar-refractivity contribution in [2.24, 2.45) is 10.8 Å². The van der Waals surface area contributed by atoms with Crippen molar-refractivity contribution >= 4 is 17.7 Å². The summed E-state index contributed by atoms with van der Waals surface area (Å²) in [6.45, 7) is 15.3. The van der Waals surface area contributed by atoms with Crippen molar-refractivity contribution in [2.45, 2.75) is 92.5 Å². The summed E-state index contributed by atoms with van der Waals surface area (Å²) in [5.74, 6) is -0.225. The molecular weight excluding hydrogens is 484 g/mol. The first kappa shape index (κ1) is 29.4. The van der Waals surface area contributed by atoms with E-state index in [-0.39, 0.29) is 48.6 Å². The highest BCUT2D eigenvalue weighted by molar-refractivity contribution is 5.93. The fourth-order valence-corrected chi connectivity index (χ4v) is 4.71. The fraction of sp³-hybridized carbons (Fsp3) is 0.586. The zero-order valence-corrected chi connectivity index (χ0v) is 23.8. The number of oxazole rings is 1. The van der Waals surface area contributed by atoms with Crippen LogP contribution >= 0.6 is 0 Å². The van der Waals surface area contributed by atoms with E-state index in [0.29, 0.717) is 5.76 Å². The number of nitrogens with zero attached hydrogens (tertiary/aromatic N) is 2. The zero-order valence-electron chi connectivity index (χ0n) is 23.8. The molecule has 9 nitrogen and oxygen atoms in total. The van der Waals surface area contributed by atoms with Crippen LogP contribution in [-0.4, -0.2) is 57.4 Å². The Labute approximate surface area is 225 Å². The molecule has 9 heteroatoms. The minimum absolute atomic E-state index is 0.0399. The third-order valence-electron chi connectivity index (χ3n) is 6.75. The summed E-state index contributed by atoms with van der Waals surface area (Å²) in [5.41, 5.74) is 1.75. The Bertz CT molecular complexity index is 1140. The number of aliphatic hydroxyl groups excluding tert-OH is 1. The van der Waals surface area contributed by atoms with E-state index in [1.165, 1.54) is 11.3 Å². The molecule has 208 valence electrons. The van der Waals surface area contributed by atoms with Crippen molar-refractivity contribution in [3.63, 3.8) is 0 Å². The van der Waals surface area contributed by atoms with Gasteiger partial charge in [0.05, 0.1) is 17.8 Å². The number of carbonyl (C=O) groups excluding carboxylic acids is 3. The molecule has 2 heterocycles. The molecule has 1 aliphatic heterocycles. The molecule has 1 saturated heterocycles. The van der Waals surface area contributed by atoms with Gasteiger partial charge < -0.3 is 25.1 Å². The predicted octanol–water partition coefficient (Wildman–Crippen LogP) is 3.76. The maximum absolute atomic E-state index is 13.7. The van der Waals surface area contributed by atoms with E-state index < -0.39 is 23.6 Å². The van der Waals surface area contributed by atoms with Crippen LogP contribution in [0.25, 0.3) is 11.3 Å². The number of hydrogen-bond acceptors (Lipinski definition) is 6. The van der Waals surface area contributed by atoms with Gasteiger partial charge in [-0.3, -0.25) is 14.4 Å². The molecule has 1 fully saturated rings. The van der Waals surface area contributed by atoms with Crippen LogP contribution in [0, 0.1) is 17.8 Å². The summed E-state index contributed by atoms with van der Waals surface area (Å²) in [6.07, 6.45) is 0.998. The number of aryl methyl sites for hydroxylation is 1. The number of likely N-dealkylation sites (tertiary alicyclic amines) is 1. The molecule has 1 aromatic heterocycles. The number of amides is 3. The number of aliphatic hydroxyl groups is 1. The smallest absolute Gasteiger partial charge is 0.246 e. The van der Waals surface area contributed by atoms with Crippen LogP contribution in [-0.2, 0) is 14.4 Å². The molecule has 0 spiro atoms. The Hall–Kier alpha value is -3.20. The van der Waals surface area contributed by atoms with Crippen molar-refractivity contribution in [1.29, 1.82) is 0 Å². The van der Waals surface area contributed by atoms with E-state index in [1.807, 2.05) is 79.7 Å². The van der Waals surface area contributed by atoms with E-state index in [9.17, 15) is 19.5 Å². The van der Waals surface area contributed by atoms with Crippen LogP contribution in [0.5, 0.6) is 0 Å². The molecule has 3 N–H and O–H groups in total. The van der Waals surface area contributed by atoms with Crippen molar-refractivity contribution in [3.8, 4) is 11.3 Å². The number of aromatic nitrogens is 1. The van der Waals surface area contributed by atoms with Gasteiger partial charge in [-0.1, -0.05) is 65.8 Å². The normalized spacial score (nSPS) is 19.7. The maximum Gasteiger partial charge on any atom is 0.246 e. The number of hydrogen-bond donors (Lipinski definition) is 3. The summed E-state index contributed by atoms with van der Waals surface area (Å²) >= 11 is 0. The first-order valence-corrected chi connectivity index (χ1v) is 13.2. The van der Waals surface area contributed by atoms with Crippen LogP contribution in [0.4, 0.5) is 0 Å². The molecule has 4 unspecified atom stereocenters. The van der Waals surface area contributed by atoms with Gasteiger partial charge in [-0.15, -0.1) is 0 Å². The highest BCUT2D eigenvalue weighted by Crippen LogP contribution is 2.28. The van der Waals surface area contributed by atoms with Crippen LogP contribution in [0.15, 0.2) is 35.1 Å². The molecular formula is C29H42N4O5. The molecule has 0 aliphatic carbocycles. The average molecular weight is 527 g/mol. The highest BCUT2D eigenvalue weighted by atomic mass is 16.3. The van der Waals surface area contributed by atoms with Crippen LogP contribution in [0.3, 0.4) is 0 Å². The Balaban J connectivity index is 1.72. The average Bonchev–Trinajstić information content (AvgIpc) is 3.40. The van der Waals surface area contributed by atoms with Crippen molar-refractivity contribution in [2.75, 3.05) is 6.54 Å². The van der Waals surface area contributed by atoms with Crippen LogP contribution in [0.1, 0.15) is 78.6 Å². The lowest BCUT2D eigenvalue weighted by molar-refractivity contribution is -0.144. The van der Waals surface area contributed by atoms with E-state index in [4.69, 9.17) is 4.42 Å². The SMILES string of the molecule is Cc1ncoc1-c1ccc(C(C)NC(=O)C2CC(O)CN2C(=O)C(NC(=O)CC(C)(C)C)C(C)(C)C)cc1. The molecule has 3 rings (SSSR count). The quantitative estimate of drug-likeness (QED) is 0.505. The molecule has 38 heavy (non-hydrogen) atoms. The van der Waals surface area contributed by atoms with Crippen LogP contribution < -0.4 is 10.6 Å². The monoisotopic (exact) mass is 526 g/mol. The largest absolute Gasteiger partial charge is 0.443 e. The summed E-state index contributed by atoms with van der Waals surface area (Å²) in [6, 6.07) is 5.66. The van der Waals surface area contributed by atoms with Crippen molar-refractivity contribution in [3.05, 3.63) is 41.9 Å². The molecule has 4 atom stereocenters. The van der Waals surface area contributed by atoms with Crippen molar-refractivity contribution < 1.29 is 23.9 Å². The third kappa shape index (κ3) is 7.22. The second-order valence-electron chi connectivity index (χ2n) is 12.6. The Morgan fingerprint density at radius 2 is 1.74 bits per heavy atom.